The van der Waals surface area contributed by atoms with E-state index >= 15 is 0 Å². The highest BCUT2D eigenvalue weighted by molar-refractivity contribution is 6.58. The van der Waals surface area contributed by atoms with Crippen molar-refractivity contribution < 1.29 is 32.3 Å². The summed E-state index contributed by atoms with van der Waals surface area (Å²) in [5.74, 6) is -0.757. The van der Waals surface area contributed by atoms with Gasteiger partial charge < -0.3 is 14.8 Å². The van der Waals surface area contributed by atoms with Crippen LogP contribution in [0.25, 0.3) is 0 Å². The predicted octanol–water partition coefficient (Wildman–Crippen LogP) is 0.974. The number of alkyl halides is 3. The number of hydrogen-bond acceptors (Lipinski definition) is 3. The molecular formula is C10H11BF4O3. The van der Waals surface area contributed by atoms with Crippen LogP contribution in [0.15, 0.2) is 18.2 Å². The molecule has 0 heterocycles. The zero-order valence-corrected chi connectivity index (χ0v) is 9.25. The van der Waals surface area contributed by atoms with Gasteiger partial charge in [-0.15, -0.1) is 0 Å². The monoisotopic (exact) mass is 266 g/mol. The standard InChI is InChI=1S/C10H11BF4O3/c12-9-5-8(11(16)17)2-1-7(9)6-18-4-3-10(13,14)15/h1-2,5,16-17H,3-4,6H2. The maximum Gasteiger partial charge on any atom is 0.488 e. The summed E-state index contributed by atoms with van der Waals surface area (Å²) in [7, 11) is -1.79. The van der Waals surface area contributed by atoms with Gasteiger partial charge in [-0.2, -0.15) is 13.2 Å². The number of halogens is 4. The number of rotatable bonds is 5. The average Bonchev–Trinajstić information content (AvgIpc) is 2.24. The molecule has 2 N–H and O–H groups in total. The molecule has 3 nitrogen and oxygen atoms in total. The van der Waals surface area contributed by atoms with Gasteiger partial charge >= 0.3 is 13.3 Å². The Morgan fingerprint density at radius 3 is 2.39 bits per heavy atom. The van der Waals surface area contributed by atoms with Crippen molar-refractivity contribution in [1.82, 2.24) is 0 Å². The van der Waals surface area contributed by atoms with Gasteiger partial charge in [0.2, 0.25) is 0 Å². The Morgan fingerprint density at radius 1 is 1.22 bits per heavy atom. The van der Waals surface area contributed by atoms with E-state index in [0.717, 1.165) is 6.07 Å². The Bertz CT molecular complexity index is 395. The maximum absolute atomic E-state index is 13.3. The second-order valence-electron chi connectivity index (χ2n) is 3.64. The molecule has 0 amide bonds. The van der Waals surface area contributed by atoms with Gasteiger partial charge in [-0.25, -0.2) is 4.39 Å². The SMILES string of the molecule is OB(O)c1ccc(COCCC(F)(F)F)c(F)c1. The fraction of sp³-hybridized carbons (Fsp3) is 0.400. The third-order valence-corrected chi connectivity index (χ3v) is 2.16. The molecule has 0 aliphatic heterocycles. The van der Waals surface area contributed by atoms with Crippen LogP contribution in [0, 0.1) is 5.82 Å². The summed E-state index contributed by atoms with van der Waals surface area (Å²) in [6.07, 6.45) is -5.40. The van der Waals surface area contributed by atoms with Gasteiger partial charge in [-0.1, -0.05) is 12.1 Å². The normalized spacial score (nSPS) is 11.7. The molecule has 0 fully saturated rings. The minimum Gasteiger partial charge on any atom is -0.423 e. The minimum absolute atomic E-state index is 0.0356. The van der Waals surface area contributed by atoms with Crippen LogP contribution in [0.3, 0.4) is 0 Å². The van der Waals surface area contributed by atoms with E-state index < -0.39 is 32.1 Å². The highest BCUT2D eigenvalue weighted by atomic mass is 19.4. The maximum atomic E-state index is 13.3. The molecule has 0 atom stereocenters. The molecule has 8 heteroatoms. The Labute approximate surface area is 101 Å². The smallest absolute Gasteiger partial charge is 0.423 e. The van der Waals surface area contributed by atoms with E-state index in [0.29, 0.717) is 0 Å². The van der Waals surface area contributed by atoms with Crippen molar-refractivity contribution in [3.05, 3.63) is 29.6 Å². The van der Waals surface area contributed by atoms with Crippen molar-refractivity contribution >= 4 is 12.6 Å². The molecular weight excluding hydrogens is 255 g/mol. The Balaban J connectivity index is 2.48. The van der Waals surface area contributed by atoms with E-state index in [1.807, 2.05) is 0 Å². The van der Waals surface area contributed by atoms with Gasteiger partial charge in [0.1, 0.15) is 5.82 Å². The summed E-state index contributed by atoms with van der Waals surface area (Å²) in [4.78, 5) is 0. The van der Waals surface area contributed by atoms with Crippen molar-refractivity contribution in [1.29, 1.82) is 0 Å². The fourth-order valence-corrected chi connectivity index (χ4v) is 1.21. The lowest BCUT2D eigenvalue weighted by atomic mass is 9.80. The van der Waals surface area contributed by atoms with Gasteiger partial charge in [0.25, 0.3) is 0 Å². The second kappa shape index (κ2) is 6.17. The quantitative estimate of drug-likeness (QED) is 0.474. The first-order chi connectivity index (χ1) is 8.29. The van der Waals surface area contributed by atoms with Crippen molar-refractivity contribution in [3.8, 4) is 0 Å². The lowest BCUT2D eigenvalue weighted by Gasteiger charge is -2.08. The highest BCUT2D eigenvalue weighted by Crippen LogP contribution is 2.19. The first kappa shape index (κ1) is 14.9. The molecule has 0 aliphatic rings. The zero-order chi connectivity index (χ0) is 13.8. The predicted molar refractivity (Wildman–Crippen MR) is 56.6 cm³/mol. The molecule has 0 saturated heterocycles. The second-order valence-corrected chi connectivity index (χ2v) is 3.64. The molecule has 0 unspecified atom stereocenters. The Kier molecular flexibility index (Phi) is 5.12. The van der Waals surface area contributed by atoms with Crippen LogP contribution in [-0.2, 0) is 11.3 Å². The molecule has 18 heavy (non-hydrogen) atoms. The van der Waals surface area contributed by atoms with Crippen molar-refractivity contribution in [2.45, 2.75) is 19.2 Å². The Hall–Kier alpha value is -1.12. The summed E-state index contributed by atoms with van der Waals surface area (Å²) in [5.41, 5.74) is 0.0214. The van der Waals surface area contributed by atoms with Crippen LogP contribution < -0.4 is 5.46 Å². The van der Waals surface area contributed by atoms with Crippen LogP contribution in [0.4, 0.5) is 17.6 Å². The van der Waals surface area contributed by atoms with Gasteiger partial charge in [-0.05, 0) is 11.5 Å². The first-order valence-electron chi connectivity index (χ1n) is 5.08. The third kappa shape index (κ3) is 5.03. The fourth-order valence-electron chi connectivity index (χ4n) is 1.21. The van der Waals surface area contributed by atoms with Gasteiger partial charge in [0, 0.05) is 5.56 Å². The van der Waals surface area contributed by atoms with E-state index in [4.69, 9.17) is 14.8 Å². The van der Waals surface area contributed by atoms with Crippen LogP contribution in [-0.4, -0.2) is 29.9 Å². The molecule has 0 radical (unpaired) electrons. The molecule has 0 saturated carbocycles. The largest absolute Gasteiger partial charge is 0.488 e. The number of ether oxygens (including phenoxy) is 1. The number of benzene rings is 1. The summed E-state index contributed by atoms with van der Waals surface area (Å²) in [6, 6.07) is 3.39. The lowest BCUT2D eigenvalue weighted by Crippen LogP contribution is -2.30. The third-order valence-electron chi connectivity index (χ3n) is 2.16. The van der Waals surface area contributed by atoms with Crippen LogP contribution in [0.5, 0.6) is 0 Å². The number of hydrogen-bond donors (Lipinski definition) is 2. The molecule has 1 aromatic rings. The lowest BCUT2D eigenvalue weighted by molar-refractivity contribution is -0.146. The zero-order valence-electron chi connectivity index (χ0n) is 9.25. The van der Waals surface area contributed by atoms with E-state index in [-0.39, 0.29) is 17.6 Å². The van der Waals surface area contributed by atoms with Gasteiger partial charge in [0.15, 0.2) is 0 Å². The minimum atomic E-state index is -4.30. The van der Waals surface area contributed by atoms with Crippen LogP contribution >= 0.6 is 0 Å². The summed E-state index contributed by atoms with van der Waals surface area (Å²) >= 11 is 0. The molecule has 1 rings (SSSR count). The van der Waals surface area contributed by atoms with E-state index in [1.165, 1.54) is 12.1 Å². The Morgan fingerprint density at radius 2 is 1.89 bits per heavy atom. The van der Waals surface area contributed by atoms with E-state index in [1.54, 1.807) is 0 Å². The summed E-state index contributed by atoms with van der Waals surface area (Å²) in [5, 5.41) is 17.6. The molecule has 0 bridgehead atoms. The van der Waals surface area contributed by atoms with Gasteiger partial charge in [0.05, 0.1) is 19.6 Å². The van der Waals surface area contributed by atoms with Gasteiger partial charge in [-0.3, -0.25) is 0 Å². The summed E-state index contributed by atoms with van der Waals surface area (Å²) < 4.78 is 53.4. The molecule has 0 spiro atoms. The molecule has 0 aliphatic carbocycles. The first-order valence-corrected chi connectivity index (χ1v) is 5.08. The van der Waals surface area contributed by atoms with Crippen molar-refractivity contribution in [3.63, 3.8) is 0 Å². The van der Waals surface area contributed by atoms with Crippen molar-refractivity contribution in [2.75, 3.05) is 6.61 Å². The van der Waals surface area contributed by atoms with E-state index in [2.05, 4.69) is 0 Å². The van der Waals surface area contributed by atoms with Crippen LogP contribution in [0.1, 0.15) is 12.0 Å². The average molecular weight is 266 g/mol. The van der Waals surface area contributed by atoms with Crippen molar-refractivity contribution in [2.24, 2.45) is 0 Å². The molecule has 100 valence electrons. The van der Waals surface area contributed by atoms with E-state index in [9.17, 15) is 17.6 Å². The highest BCUT2D eigenvalue weighted by Gasteiger charge is 2.26. The van der Waals surface area contributed by atoms with Crippen LogP contribution in [0.2, 0.25) is 0 Å². The summed E-state index contributed by atoms with van der Waals surface area (Å²) in [6.45, 7) is -0.850. The topological polar surface area (TPSA) is 49.7 Å². The molecule has 0 aromatic heterocycles. The molecule has 1 aromatic carbocycles.